The van der Waals surface area contributed by atoms with Crippen LogP contribution in [0.2, 0.25) is 0 Å². The quantitative estimate of drug-likeness (QED) is 0.750. The Balaban J connectivity index is 1.94. The van der Waals surface area contributed by atoms with Crippen LogP contribution in [0.4, 0.5) is 10.5 Å². The Hall–Kier alpha value is -2.08. The maximum Gasteiger partial charge on any atom is 0.319 e. The maximum absolute atomic E-state index is 12.2. The van der Waals surface area contributed by atoms with Crippen LogP contribution in [0.3, 0.4) is 0 Å². The number of primary amides is 1. The van der Waals surface area contributed by atoms with Crippen LogP contribution in [0.15, 0.2) is 18.2 Å². The van der Waals surface area contributed by atoms with Gasteiger partial charge in [-0.1, -0.05) is 13.0 Å². The van der Waals surface area contributed by atoms with Crippen LogP contribution in [-0.2, 0) is 0 Å². The van der Waals surface area contributed by atoms with Gasteiger partial charge in [0.25, 0.3) is 0 Å². The van der Waals surface area contributed by atoms with Gasteiger partial charge < -0.3 is 21.3 Å². The van der Waals surface area contributed by atoms with E-state index in [0.717, 1.165) is 31.6 Å². The van der Waals surface area contributed by atoms with Gasteiger partial charge in [0.15, 0.2) is 0 Å². The van der Waals surface area contributed by atoms with Crippen molar-refractivity contribution >= 4 is 17.6 Å². The van der Waals surface area contributed by atoms with Gasteiger partial charge in [-0.15, -0.1) is 0 Å². The molecule has 4 N–H and O–H groups in total. The molecule has 1 aliphatic heterocycles. The monoisotopic (exact) mass is 318 g/mol. The Labute approximate surface area is 137 Å². The number of hydrogen-bond donors (Lipinski definition) is 3. The summed E-state index contributed by atoms with van der Waals surface area (Å²) in [6, 6.07) is 4.91. The first kappa shape index (κ1) is 17.3. The number of carbonyl (C=O) groups is 2. The zero-order chi connectivity index (χ0) is 16.8. The van der Waals surface area contributed by atoms with Gasteiger partial charge in [0, 0.05) is 23.8 Å². The lowest BCUT2D eigenvalue weighted by molar-refractivity contribution is 0.1000. The molecule has 3 amide bonds. The maximum atomic E-state index is 12.2. The number of amides is 3. The smallest absolute Gasteiger partial charge is 0.319 e. The van der Waals surface area contributed by atoms with E-state index in [9.17, 15) is 9.59 Å². The number of hydrogen-bond acceptors (Lipinski definition) is 3. The molecule has 6 heteroatoms. The Bertz CT molecular complexity index is 568. The first-order chi connectivity index (χ1) is 11.0. The van der Waals surface area contributed by atoms with E-state index in [-0.39, 0.29) is 12.1 Å². The van der Waals surface area contributed by atoms with E-state index >= 15 is 0 Å². The molecule has 1 aromatic carbocycles. The summed E-state index contributed by atoms with van der Waals surface area (Å²) in [7, 11) is 0. The second-order valence-electron chi connectivity index (χ2n) is 6.11. The molecule has 1 saturated heterocycles. The number of carbonyl (C=O) groups excluding carboxylic acids is 2. The van der Waals surface area contributed by atoms with Crippen molar-refractivity contribution < 1.29 is 9.59 Å². The fraction of sp³-hybridized carbons (Fsp3) is 0.529. The standard InChI is InChI=1S/C17H26N4O2/c1-3-14(11-21-8-4-5-9-21)19-17(23)20-15-10-13(16(18)22)7-6-12(15)2/h6-7,10,14H,3-5,8-9,11H2,1-2H3,(H2,18,22)(H2,19,20,23)/t14-/m1/s1. The van der Waals surface area contributed by atoms with Crippen molar-refractivity contribution in [2.45, 2.75) is 39.2 Å². The third-order valence-corrected chi connectivity index (χ3v) is 4.28. The normalized spacial score (nSPS) is 16.1. The number of benzene rings is 1. The Morgan fingerprint density at radius 3 is 2.61 bits per heavy atom. The van der Waals surface area contributed by atoms with Gasteiger partial charge in [0.1, 0.15) is 0 Å². The molecule has 0 bridgehead atoms. The summed E-state index contributed by atoms with van der Waals surface area (Å²) < 4.78 is 0. The first-order valence-electron chi connectivity index (χ1n) is 8.20. The highest BCUT2D eigenvalue weighted by atomic mass is 16.2. The summed E-state index contributed by atoms with van der Waals surface area (Å²) in [5.41, 5.74) is 7.16. The average molecular weight is 318 g/mol. The molecule has 1 fully saturated rings. The summed E-state index contributed by atoms with van der Waals surface area (Å²) in [5.74, 6) is -0.506. The minimum absolute atomic E-state index is 0.118. The van der Waals surface area contributed by atoms with Gasteiger partial charge in [-0.25, -0.2) is 4.79 Å². The Morgan fingerprint density at radius 2 is 2.00 bits per heavy atom. The largest absolute Gasteiger partial charge is 0.366 e. The van der Waals surface area contributed by atoms with Gasteiger partial charge in [-0.05, 0) is 57.0 Å². The molecule has 0 saturated carbocycles. The molecule has 1 atom stereocenters. The highest BCUT2D eigenvalue weighted by Crippen LogP contribution is 2.17. The van der Waals surface area contributed by atoms with Crippen molar-refractivity contribution in [2.75, 3.05) is 25.0 Å². The molecule has 1 aliphatic rings. The summed E-state index contributed by atoms with van der Waals surface area (Å²) in [4.78, 5) is 25.9. The minimum Gasteiger partial charge on any atom is -0.366 e. The molecule has 0 aliphatic carbocycles. The number of nitrogens with two attached hydrogens (primary N) is 1. The van der Waals surface area contributed by atoms with E-state index in [1.54, 1.807) is 18.2 Å². The van der Waals surface area contributed by atoms with Crippen LogP contribution in [0.25, 0.3) is 0 Å². The van der Waals surface area contributed by atoms with Crippen molar-refractivity contribution in [3.8, 4) is 0 Å². The van der Waals surface area contributed by atoms with Gasteiger partial charge in [-0.3, -0.25) is 4.79 Å². The van der Waals surface area contributed by atoms with Gasteiger partial charge in [0.05, 0.1) is 0 Å². The van der Waals surface area contributed by atoms with Crippen molar-refractivity contribution in [1.82, 2.24) is 10.2 Å². The number of rotatable bonds is 6. The Morgan fingerprint density at radius 1 is 1.30 bits per heavy atom. The number of urea groups is 1. The summed E-state index contributed by atoms with van der Waals surface area (Å²) in [6.45, 7) is 7.05. The van der Waals surface area contributed by atoms with E-state index in [1.165, 1.54) is 12.8 Å². The second kappa shape index (κ2) is 7.97. The van der Waals surface area contributed by atoms with Crippen molar-refractivity contribution in [3.05, 3.63) is 29.3 Å². The lowest BCUT2D eigenvalue weighted by Gasteiger charge is -2.23. The van der Waals surface area contributed by atoms with E-state index in [0.29, 0.717) is 11.3 Å². The van der Waals surface area contributed by atoms with E-state index < -0.39 is 5.91 Å². The number of aryl methyl sites for hydroxylation is 1. The first-order valence-corrected chi connectivity index (χ1v) is 8.20. The Kier molecular flexibility index (Phi) is 5.98. The second-order valence-corrected chi connectivity index (χ2v) is 6.11. The highest BCUT2D eigenvalue weighted by Gasteiger charge is 2.18. The van der Waals surface area contributed by atoms with Gasteiger partial charge >= 0.3 is 6.03 Å². The molecule has 6 nitrogen and oxygen atoms in total. The molecular weight excluding hydrogens is 292 g/mol. The van der Waals surface area contributed by atoms with Crippen molar-refractivity contribution in [3.63, 3.8) is 0 Å². The fourth-order valence-electron chi connectivity index (χ4n) is 2.81. The van der Waals surface area contributed by atoms with Gasteiger partial charge in [0.2, 0.25) is 5.91 Å². The van der Waals surface area contributed by atoms with Crippen molar-refractivity contribution in [1.29, 1.82) is 0 Å². The van der Waals surface area contributed by atoms with Crippen LogP contribution in [0, 0.1) is 6.92 Å². The number of nitrogens with zero attached hydrogens (tertiary/aromatic N) is 1. The minimum atomic E-state index is -0.506. The molecule has 1 aromatic rings. The molecule has 0 radical (unpaired) electrons. The molecular formula is C17H26N4O2. The molecule has 2 rings (SSSR count). The summed E-state index contributed by atoms with van der Waals surface area (Å²) in [6.07, 6.45) is 3.35. The van der Waals surface area contributed by atoms with E-state index in [1.807, 2.05) is 6.92 Å². The topological polar surface area (TPSA) is 87.5 Å². The lowest BCUT2D eigenvalue weighted by atomic mass is 10.1. The van der Waals surface area contributed by atoms with Crippen LogP contribution < -0.4 is 16.4 Å². The summed E-state index contributed by atoms with van der Waals surface area (Å²) in [5, 5.41) is 5.83. The highest BCUT2D eigenvalue weighted by molar-refractivity contribution is 5.96. The molecule has 1 heterocycles. The number of anilines is 1. The van der Waals surface area contributed by atoms with Crippen LogP contribution >= 0.6 is 0 Å². The molecule has 0 unspecified atom stereocenters. The third kappa shape index (κ3) is 4.96. The SMILES string of the molecule is CC[C@H](CN1CCCC1)NC(=O)Nc1cc(C(N)=O)ccc1C. The predicted molar refractivity (Wildman–Crippen MR) is 91.6 cm³/mol. The molecule has 0 spiro atoms. The average Bonchev–Trinajstić information content (AvgIpc) is 3.01. The molecule has 0 aromatic heterocycles. The van der Waals surface area contributed by atoms with Crippen LogP contribution in [0.1, 0.15) is 42.1 Å². The number of likely N-dealkylation sites (tertiary alicyclic amines) is 1. The van der Waals surface area contributed by atoms with E-state index in [4.69, 9.17) is 5.73 Å². The summed E-state index contributed by atoms with van der Waals surface area (Å²) >= 11 is 0. The zero-order valence-corrected chi connectivity index (χ0v) is 13.9. The molecule has 23 heavy (non-hydrogen) atoms. The van der Waals surface area contributed by atoms with Crippen LogP contribution in [0.5, 0.6) is 0 Å². The predicted octanol–water partition coefficient (Wildman–Crippen LogP) is 2.09. The van der Waals surface area contributed by atoms with E-state index in [2.05, 4.69) is 22.5 Å². The fourth-order valence-corrected chi connectivity index (χ4v) is 2.81. The zero-order valence-electron chi connectivity index (χ0n) is 13.9. The van der Waals surface area contributed by atoms with Gasteiger partial charge in [-0.2, -0.15) is 0 Å². The third-order valence-electron chi connectivity index (χ3n) is 4.28. The number of nitrogens with one attached hydrogen (secondary N) is 2. The van der Waals surface area contributed by atoms with Crippen LogP contribution in [-0.4, -0.2) is 42.5 Å². The lowest BCUT2D eigenvalue weighted by Crippen LogP contribution is -2.44. The van der Waals surface area contributed by atoms with Crippen molar-refractivity contribution in [2.24, 2.45) is 5.73 Å². The molecule has 126 valence electrons.